The number of rotatable bonds is 8. The Kier molecular flexibility index (Phi) is 6.04. The molecule has 1 unspecified atom stereocenters. The molecule has 2 rings (SSSR count). The van der Waals surface area contributed by atoms with Crippen LogP contribution < -0.4 is 10.1 Å². The summed E-state index contributed by atoms with van der Waals surface area (Å²) in [6, 6.07) is 5.75. The van der Waals surface area contributed by atoms with Crippen LogP contribution in [0.5, 0.6) is 5.75 Å². The largest absolute Gasteiger partial charge is 0.496 e. The predicted molar refractivity (Wildman–Crippen MR) is 91.6 cm³/mol. The van der Waals surface area contributed by atoms with Gasteiger partial charge >= 0.3 is 0 Å². The van der Waals surface area contributed by atoms with Crippen molar-refractivity contribution in [1.29, 1.82) is 0 Å². The third-order valence-electron chi connectivity index (χ3n) is 4.42. The van der Waals surface area contributed by atoms with Crippen molar-refractivity contribution in [3.8, 4) is 5.75 Å². The molecule has 1 amide bonds. The minimum absolute atomic E-state index is 0.0955. The van der Waals surface area contributed by atoms with Crippen molar-refractivity contribution < 1.29 is 14.6 Å². The molecule has 0 fully saturated rings. The van der Waals surface area contributed by atoms with E-state index in [2.05, 4.69) is 24.1 Å². The number of carbonyl (C=O) groups is 1. The van der Waals surface area contributed by atoms with Gasteiger partial charge < -0.3 is 20.1 Å². The molecule has 5 nitrogen and oxygen atoms in total. The molecule has 3 N–H and O–H groups in total. The molecule has 23 heavy (non-hydrogen) atoms. The van der Waals surface area contributed by atoms with E-state index in [1.807, 2.05) is 24.4 Å². The number of fused-ring (bicyclic) bond motifs is 1. The fourth-order valence-corrected chi connectivity index (χ4v) is 2.98. The topological polar surface area (TPSA) is 74.4 Å². The number of nitrogens with one attached hydrogen (secondary N) is 2. The number of amides is 1. The zero-order chi connectivity index (χ0) is 16.8. The average molecular weight is 318 g/mol. The molecule has 2 aromatic rings. The second-order valence-electron chi connectivity index (χ2n) is 5.82. The Hall–Kier alpha value is -2.01. The summed E-state index contributed by atoms with van der Waals surface area (Å²) in [6.45, 7) is 4.40. The molecule has 0 saturated carbocycles. The van der Waals surface area contributed by atoms with E-state index < -0.39 is 6.10 Å². The van der Waals surface area contributed by atoms with Gasteiger partial charge in [0.05, 0.1) is 19.6 Å². The molecular weight excluding hydrogens is 292 g/mol. The molecule has 1 aromatic heterocycles. The first-order valence-corrected chi connectivity index (χ1v) is 8.18. The van der Waals surface area contributed by atoms with Crippen LogP contribution in [0.15, 0.2) is 24.4 Å². The van der Waals surface area contributed by atoms with Crippen molar-refractivity contribution in [2.45, 2.75) is 39.2 Å². The van der Waals surface area contributed by atoms with Crippen molar-refractivity contribution in [3.05, 3.63) is 30.0 Å². The van der Waals surface area contributed by atoms with Gasteiger partial charge in [0, 0.05) is 23.6 Å². The smallest absolute Gasteiger partial charge is 0.224 e. The fraction of sp³-hybridized carbons (Fsp3) is 0.500. The highest BCUT2D eigenvalue weighted by Gasteiger charge is 2.17. The second kappa shape index (κ2) is 8.02. The van der Waals surface area contributed by atoms with Crippen molar-refractivity contribution in [1.82, 2.24) is 10.3 Å². The van der Waals surface area contributed by atoms with Crippen LogP contribution in [0.4, 0.5) is 0 Å². The SMILES string of the molecule is CCC(CC)C(O)CNC(=O)Cc1c[nH]c2cccc(OC)c12. The third kappa shape index (κ3) is 4.05. The number of aliphatic hydroxyl groups is 1. The summed E-state index contributed by atoms with van der Waals surface area (Å²) >= 11 is 0. The number of hydrogen-bond acceptors (Lipinski definition) is 3. The summed E-state index contributed by atoms with van der Waals surface area (Å²) in [5.74, 6) is 0.883. The lowest BCUT2D eigenvalue weighted by molar-refractivity contribution is -0.121. The van der Waals surface area contributed by atoms with Gasteiger partial charge in [0.1, 0.15) is 5.75 Å². The van der Waals surface area contributed by atoms with Crippen LogP contribution >= 0.6 is 0 Å². The van der Waals surface area contributed by atoms with Gasteiger partial charge in [-0.15, -0.1) is 0 Å². The van der Waals surface area contributed by atoms with Crippen molar-refractivity contribution in [2.24, 2.45) is 5.92 Å². The first kappa shape index (κ1) is 17.3. The predicted octanol–water partition coefficient (Wildman–Crippen LogP) is 2.63. The molecule has 126 valence electrons. The number of benzene rings is 1. The number of aromatic nitrogens is 1. The number of hydrogen-bond donors (Lipinski definition) is 3. The fourth-order valence-electron chi connectivity index (χ4n) is 2.98. The van der Waals surface area contributed by atoms with Crippen molar-refractivity contribution in [3.63, 3.8) is 0 Å². The molecule has 1 heterocycles. The van der Waals surface area contributed by atoms with E-state index in [0.717, 1.165) is 35.1 Å². The molecule has 0 aliphatic rings. The summed E-state index contributed by atoms with van der Waals surface area (Å²) in [6.07, 6.45) is 3.42. The van der Waals surface area contributed by atoms with Gasteiger partial charge in [-0.2, -0.15) is 0 Å². The third-order valence-corrected chi connectivity index (χ3v) is 4.42. The van der Waals surface area contributed by atoms with Crippen molar-refractivity contribution in [2.75, 3.05) is 13.7 Å². The van der Waals surface area contributed by atoms with Crippen LogP contribution in [0, 0.1) is 5.92 Å². The molecule has 1 atom stereocenters. The summed E-state index contributed by atoms with van der Waals surface area (Å²) in [7, 11) is 1.62. The minimum Gasteiger partial charge on any atom is -0.496 e. The van der Waals surface area contributed by atoms with Crippen LogP contribution in [0.3, 0.4) is 0 Å². The molecule has 0 radical (unpaired) electrons. The van der Waals surface area contributed by atoms with Gasteiger partial charge in [-0.25, -0.2) is 0 Å². The Balaban J connectivity index is 2.01. The van der Waals surface area contributed by atoms with Gasteiger partial charge in [-0.1, -0.05) is 32.8 Å². The van der Waals surface area contributed by atoms with E-state index in [-0.39, 0.29) is 18.2 Å². The van der Waals surface area contributed by atoms with Crippen LogP contribution in [-0.2, 0) is 11.2 Å². The Morgan fingerprint density at radius 2 is 2.09 bits per heavy atom. The maximum Gasteiger partial charge on any atom is 0.224 e. The number of methoxy groups -OCH3 is 1. The van der Waals surface area contributed by atoms with E-state index in [9.17, 15) is 9.90 Å². The van der Waals surface area contributed by atoms with Gasteiger partial charge in [-0.05, 0) is 23.6 Å². The number of aliphatic hydroxyl groups excluding tert-OH is 1. The highest BCUT2D eigenvalue weighted by Crippen LogP contribution is 2.28. The highest BCUT2D eigenvalue weighted by atomic mass is 16.5. The number of aromatic amines is 1. The maximum absolute atomic E-state index is 12.2. The lowest BCUT2D eigenvalue weighted by Crippen LogP contribution is -2.36. The average Bonchev–Trinajstić information content (AvgIpc) is 2.97. The van der Waals surface area contributed by atoms with E-state index in [0.29, 0.717) is 6.54 Å². The first-order valence-electron chi connectivity index (χ1n) is 8.18. The number of ether oxygens (including phenoxy) is 1. The number of carbonyl (C=O) groups excluding carboxylic acids is 1. The van der Waals surface area contributed by atoms with E-state index in [4.69, 9.17) is 4.74 Å². The molecule has 0 aliphatic carbocycles. The monoisotopic (exact) mass is 318 g/mol. The van der Waals surface area contributed by atoms with Gasteiger partial charge in [-0.3, -0.25) is 4.79 Å². The standard InChI is InChI=1S/C18H26N2O3/c1-4-12(5-2)15(21)11-20-17(22)9-13-10-19-14-7-6-8-16(23-3)18(13)14/h6-8,10,12,15,19,21H,4-5,9,11H2,1-3H3,(H,20,22). The zero-order valence-corrected chi connectivity index (χ0v) is 14.1. The molecular formula is C18H26N2O3. The van der Waals surface area contributed by atoms with Crippen molar-refractivity contribution >= 4 is 16.8 Å². The summed E-state index contributed by atoms with van der Waals surface area (Å²) in [5, 5.41) is 13.9. The van der Waals surface area contributed by atoms with E-state index in [1.165, 1.54) is 0 Å². The zero-order valence-electron chi connectivity index (χ0n) is 14.1. The van der Waals surface area contributed by atoms with Crippen LogP contribution in [0.25, 0.3) is 10.9 Å². The molecule has 0 saturated heterocycles. The lowest BCUT2D eigenvalue weighted by atomic mass is 9.96. The molecule has 0 spiro atoms. The van der Waals surface area contributed by atoms with Gasteiger partial charge in [0.15, 0.2) is 0 Å². The minimum atomic E-state index is -0.494. The van der Waals surface area contributed by atoms with E-state index >= 15 is 0 Å². The number of H-pyrrole nitrogens is 1. The first-order chi connectivity index (χ1) is 11.1. The van der Waals surface area contributed by atoms with Crippen LogP contribution in [-0.4, -0.2) is 35.8 Å². The van der Waals surface area contributed by atoms with E-state index in [1.54, 1.807) is 7.11 Å². The maximum atomic E-state index is 12.2. The van der Waals surface area contributed by atoms with Crippen LogP contribution in [0.2, 0.25) is 0 Å². The Morgan fingerprint density at radius 3 is 2.74 bits per heavy atom. The summed E-state index contributed by atoms with van der Waals surface area (Å²) < 4.78 is 5.38. The molecule has 1 aromatic carbocycles. The van der Waals surface area contributed by atoms with Crippen LogP contribution in [0.1, 0.15) is 32.3 Å². The van der Waals surface area contributed by atoms with Gasteiger partial charge in [0.2, 0.25) is 5.91 Å². The van der Waals surface area contributed by atoms with Gasteiger partial charge in [0.25, 0.3) is 0 Å². The Labute approximate surface area is 137 Å². The lowest BCUT2D eigenvalue weighted by Gasteiger charge is -2.20. The summed E-state index contributed by atoms with van der Waals surface area (Å²) in [4.78, 5) is 15.3. The normalized spacial score (nSPS) is 12.6. The molecule has 0 aliphatic heterocycles. The summed E-state index contributed by atoms with van der Waals surface area (Å²) in [5.41, 5.74) is 1.84. The molecule has 0 bridgehead atoms. The highest BCUT2D eigenvalue weighted by molar-refractivity contribution is 5.93. The quantitative estimate of drug-likeness (QED) is 0.700. The Morgan fingerprint density at radius 1 is 1.35 bits per heavy atom. The second-order valence-corrected chi connectivity index (χ2v) is 5.82. The molecule has 5 heteroatoms. The Bertz CT molecular complexity index is 647.